The number of aliphatic hydroxyl groups is 1. The lowest BCUT2D eigenvalue weighted by Crippen LogP contribution is -2.35. The molecular formula is C26H29ClN2O3S. The van der Waals surface area contributed by atoms with Crippen molar-refractivity contribution in [3.05, 3.63) is 101 Å². The maximum absolute atomic E-state index is 13.4. The number of hydrogen-bond donors (Lipinski definition) is 1. The zero-order valence-corrected chi connectivity index (χ0v) is 20.4. The number of hydrogen-bond acceptors (Lipinski definition) is 4. The Kier molecular flexibility index (Phi) is 8.69. The smallest absolute Gasteiger partial charge is 0.264 e. The minimum atomic E-state index is -3.82. The summed E-state index contributed by atoms with van der Waals surface area (Å²) in [6, 6.07) is 21.8. The number of aliphatic hydroxyl groups excluding tert-OH is 1. The van der Waals surface area contributed by atoms with Crippen molar-refractivity contribution in [2.24, 2.45) is 0 Å². The molecule has 33 heavy (non-hydrogen) atoms. The molecule has 0 amide bonds. The molecule has 0 spiro atoms. The minimum Gasteiger partial charge on any atom is -0.394 e. The average Bonchev–Trinajstić information content (AvgIpc) is 2.79. The number of aryl methyl sites for hydroxylation is 1. The van der Waals surface area contributed by atoms with E-state index in [1.54, 1.807) is 30.3 Å². The van der Waals surface area contributed by atoms with E-state index in [4.69, 9.17) is 11.6 Å². The highest BCUT2D eigenvalue weighted by molar-refractivity contribution is 7.92. The third-order valence-electron chi connectivity index (χ3n) is 5.21. The van der Waals surface area contributed by atoms with Crippen LogP contribution in [0.25, 0.3) is 6.08 Å². The molecule has 3 rings (SSSR count). The van der Waals surface area contributed by atoms with Crippen LogP contribution in [0.4, 0.5) is 5.69 Å². The molecule has 0 aliphatic heterocycles. The quantitative estimate of drug-likeness (QED) is 0.441. The van der Waals surface area contributed by atoms with E-state index in [1.807, 2.05) is 62.5 Å². The first-order chi connectivity index (χ1) is 15.8. The van der Waals surface area contributed by atoms with Crippen LogP contribution in [0.1, 0.15) is 16.7 Å². The van der Waals surface area contributed by atoms with Gasteiger partial charge in [-0.15, -0.1) is 0 Å². The summed E-state index contributed by atoms with van der Waals surface area (Å²) in [6.45, 7) is 2.84. The molecule has 0 heterocycles. The number of sulfonamides is 1. The first-order valence-electron chi connectivity index (χ1n) is 10.7. The standard InChI is InChI=1S/C26H29ClN2O3S/c1-21-9-15-25(16-10-21)33(31,32)29(18-19-30)26-8-4-3-7-23(26)20-28(2)17-5-6-22-11-13-24(27)14-12-22/h3-16,30H,17-20H2,1-2H3/b6-5+. The molecule has 174 valence electrons. The fourth-order valence-corrected chi connectivity index (χ4v) is 5.10. The van der Waals surface area contributed by atoms with Crippen LogP contribution in [0.2, 0.25) is 5.02 Å². The number of rotatable bonds is 10. The van der Waals surface area contributed by atoms with Crippen LogP contribution >= 0.6 is 11.6 Å². The van der Waals surface area contributed by atoms with Crippen LogP contribution in [0.15, 0.2) is 83.8 Å². The number of nitrogens with zero attached hydrogens (tertiary/aromatic N) is 2. The number of para-hydroxylation sites is 1. The van der Waals surface area contributed by atoms with Gasteiger partial charge >= 0.3 is 0 Å². The van der Waals surface area contributed by atoms with Crippen molar-refractivity contribution in [1.82, 2.24) is 4.90 Å². The Labute approximate surface area is 201 Å². The maximum atomic E-state index is 13.4. The molecule has 5 nitrogen and oxygen atoms in total. The van der Waals surface area contributed by atoms with E-state index in [-0.39, 0.29) is 18.0 Å². The highest BCUT2D eigenvalue weighted by Crippen LogP contribution is 2.28. The summed E-state index contributed by atoms with van der Waals surface area (Å²) >= 11 is 5.93. The number of halogens is 1. The van der Waals surface area contributed by atoms with Gasteiger partial charge in [-0.1, -0.05) is 71.8 Å². The van der Waals surface area contributed by atoms with Gasteiger partial charge in [0, 0.05) is 18.1 Å². The van der Waals surface area contributed by atoms with Gasteiger partial charge in [-0.3, -0.25) is 9.21 Å². The fraction of sp³-hybridized carbons (Fsp3) is 0.231. The Bertz CT molecular complexity index is 1180. The molecule has 1 N–H and O–H groups in total. The Morgan fingerprint density at radius 2 is 1.64 bits per heavy atom. The van der Waals surface area contributed by atoms with Gasteiger partial charge < -0.3 is 5.11 Å². The molecule has 0 aliphatic rings. The van der Waals surface area contributed by atoms with Crippen LogP contribution in [0.3, 0.4) is 0 Å². The molecule has 0 radical (unpaired) electrons. The molecule has 0 saturated heterocycles. The Balaban J connectivity index is 1.80. The molecule has 0 fully saturated rings. The normalized spacial score (nSPS) is 11.9. The van der Waals surface area contributed by atoms with Crippen molar-refractivity contribution >= 4 is 33.4 Å². The average molecular weight is 485 g/mol. The lowest BCUT2D eigenvalue weighted by Gasteiger charge is -2.27. The number of anilines is 1. The first-order valence-corrected chi connectivity index (χ1v) is 12.5. The number of benzene rings is 3. The van der Waals surface area contributed by atoms with Gasteiger partial charge in [0.05, 0.1) is 23.7 Å². The Morgan fingerprint density at radius 1 is 0.970 bits per heavy atom. The lowest BCUT2D eigenvalue weighted by molar-refractivity contribution is 0.306. The highest BCUT2D eigenvalue weighted by atomic mass is 35.5. The molecule has 3 aromatic rings. The van der Waals surface area contributed by atoms with Crippen molar-refractivity contribution in [1.29, 1.82) is 0 Å². The van der Waals surface area contributed by atoms with E-state index >= 15 is 0 Å². The summed E-state index contributed by atoms with van der Waals surface area (Å²) in [5.74, 6) is 0. The summed E-state index contributed by atoms with van der Waals surface area (Å²) in [5.41, 5.74) is 3.48. The highest BCUT2D eigenvalue weighted by Gasteiger charge is 2.26. The molecule has 0 aliphatic carbocycles. The molecule has 0 unspecified atom stereocenters. The van der Waals surface area contributed by atoms with Gasteiger partial charge in [-0.25, -0.2) is 8.42 Å². The summed E-state index contributed by atoms with van der Waals surface area (Å²) in [6.07, 6.45) is 4.08. The van der Waals surface area contributed by atoms with Crippen LogP contribution in [0.5, 0.6) is 0 Å². The second-order valence-electron chi connectivity index (χ2n) is 7.89. The molecular weight excluding hydrogens is 456 g/mol. The minimum absolute atomic E-state index is 0.0204. The van der Waals surface area contributed by atoms with Gasteiger partial charge in [0.15, 0.2) is 0 Å². The van der Waals surface area contributed by atoms with Gasteiger partial charge in [0.2, 0.25) is 0 Å². The Morgan fingerprint density at radius 3 is 2.30 bits per heavy atom. The zero-order valence-electron chi connectivity index (χ0n) is 18.9. The van der Waals surface area contributed by atoms with Crippen LogP contribution in [-0.2, 0) is 16.6 Å². The van der Waals surface area contributed by atoms with E-state index in [0.29, 0.717) is 23.8 Å². The summed E-state index contributed by atoms with van der Waals surface area (Å²) < 4.78 is 28.1. The van der Waals surface area contributed by atoms with Gasteiger partial charge in [-0.2, -0.15) is 0 Å². The molecule has 0 aromatic heterocycles. The molecule has 0 bridgehead atoms. The maximum Gasteiger partial charge on any atom is 0.264 e. The number of likely N-dealkylation sites (N-methyl/N-ethyl adjacent to an activating group) is 1. The van der Waals surface area contributed by atoms with Crippen molar-refractivity contribution < 1.29 is 13.5 Å². The van der Waals surface area contributed by atoms with Crippen molar-refractivity contribution in [2.75, 3.05) is 31.0 Å². The van der Waals surface area contributed by atoms with Crippen molar-refractivity contribution in [3.63, 3.8) is 0 Å². The zero-order chi connectivity index (χ0) is 23.8. The first kappa shape index (κ1) is 25.0. The second kappa shape index (κ2) is 11.5. The monoisotopic (exact) mass is 484 g/mol. The van der Waals surface area contributed by atoms with E-state index in [1.165, 1.54) is 4.31 Å². The SMILES string of the molecule is Cc1ccc(S(=O)(=O)N(CCO)c2ccccc2CN(C)C/C=C/c2ccc(Cl)cc2)cc1. The molecule has 0 atom stereocenters. The molecule has 3 aromatic carbocycles. The third kappa shape index (κ3) is 6.68. The van der Waals surface area contributed by atoms with E-state index < -0.39 is 10.0 Å². The molecule has 0 saturated carbocycles. The summed E-state index contributed by atoms with van der Waals surface area (Å²) in [5, 5.41) is 10.3. The van der Waals surface area contributed by atoms with E-state index in [0.717, 1.165) is 16.7 Å². The lowest BCUT2D eigenvalue weighted by atomic mass is 10.1. The van der Waals surface area contributed by atoms with Gasteiger partial charge in [0.1, 0.15) is 0 Å². The van der Waals surface area contributed by atoms with Crippen LogP contribution in [-0.4, -0.2) is 45.2 Å². The van der Waals surface area contributed by atoms with Crippen molar-refractivity contribution in [3.8, 4) is 0 Å². The van der Waals surface area contributed by atoms with E-state index in [9.17, 15) is 13.5 Å². The topological polar surface area (TPSA) is 60.9 Å². The Hall–Kier alpha value is -2.64. The van der Waals surface area contributed by atoms with Gasteiger partial charge in [0.25, 0.3) is 10.0 Å². The largest absolute Gasteiger partial charge is 0.394 e. The molecule has 7 heteroatoms. The second-order valence-corrected chi connectivity index (χ2v) is 10.2. The van der Waals surface area contributed by atoms with Crippen molar-refractivity contribution in [2.45, 2.75) is 18.4 Å². The summed E-state index contributed by atoms with van der Waals surface area (Å²) in [4.78, 5) is 2.30. The van der Waals surface area contributed by atoms with Gasteiger partial charge in [-0.05, 0) is 55.4 Å². The summed E-state index contributed by atoms with van der Waals surface area (Å²) in [7, 11) is -1.84. The fourth-order valence-electron chi connectivity index (χ4n) is 3.48. The van der Waals surface area contributed by atoms with Crippen LogP contribution < -0.4 is 4.31 Å². The predicted octanol–water partition coefficient (Wildman–Crippen LogP) is 4.98. The van der Waals surface area contributed by atoms with E-state index in [2.05, 4.69) is 11.0 Å². The van der Waals surface area contributed by atoms with Crippen LogP contribution in [0, 0.1) is 6.92 Å². The predicted molar refractivity (Wildman–Crippen MR) is 136 cm³/mol. The third-order valence-corrected chi connectivity index (χ3v) is 7.29.